The number of amides is 1. The number of nitrogen functional groups attached to an aromatic ring is 1. The Morgan fingerprint density at radius 2 is 2.15 bits per heavy atom. The summed E-state index contributed by atoms with van der Waals surface area (Å²) >= 11 is 1.21. The van der Waals surface area contributed by atoms with Gasteiger partial charge in [-0.1, -0.05) is 0 Å². The second-order valence-electron chi connectivity index (χ2n) is 3.83. The monoisotopic (exact) mass is 302 g/mol. The predicted octanol–water partition coefficient (Wildman–Crippen LogP) is 2.32. The summed E-state index contributed by atoms with van der Waals surface area (Å²) in [6, 6.07) is 1.94. The normalized spacial score (nSPS) is 11.3. The Morgan fingerprint density at radius 3 is 2.65 bits per heavy atom. The lowest BCUT2D eigenvalue weighted by molar-refractivity contribution is -0.141. The summed E-state index contributed by atoms with van der Waals surface area (Å²) in [5.74, 6) is -0.406. The van der Waals surface area contributed by atoms with Crippen molar-refractivity contribution in [3.63, 3.8) is 0 Å². The number of thiazole rings is 1. The van der Waals surface area contributed by atoms with E-state index < -0.39 is 17.8 Å². The summed E-state index contributed by atoms with van der Waals surface area (Å²) < 4.78 is 36.9. The molecule has 0 aromatic carbocycles. The Labute approximate surface area is 115 Å². The number of nitrogens with zero attached hydrogens (tertiary/aromatic N) is 2. The minimum Gasteiger partial charge on any atom is -0.375 e. The Hall–Kier alpha value is -2.16. The molecule has 0 fully saturated rings. The molecule has 0 saturated carbocycles. The molecular formula is C11H9F3N4OS. The van der Waals surface area contributed by atoms with Crippen molar-refractivity contribution >= 4 is 28.1 Å². The first-order valence-corrected chi connectivity index (χ1v) is 6.25. The average Bonchev–Trinajstić information content (AvgIpc) is 2.74. The van der Waals surface area contributed by atoms with E-state index in [1.54, 1.807) is 5.38 Å². The standard InChI is InChI=1S/C11H9F3N4OS/c12-11(13,14)8-2-1-6(4-16-8)17-9(19)3-7-5-20-10(15)18-7/h1-2,4-5H,3H2,(H2,15,18)(H,17,19). The molecule has 0 unspecified atom stereocenters. The Morgan fingerprint density at radius 1 is 1.40 bits per heavy atom. The fourth-order valence-electron chi connectivity index (χ4n) is 1.41. The number of alkyl halides is 3. The highest BCUT2D eigenvalue weighted by molar-refractivity contribution is 7.13. The smallest absolute Gasteiger partial charge is 0.375 e. The van der Waals surface area contributed by atoms with Crippen molar-refractivity contribution < 1.29 is 18.0 Å². The maximum atomic E-state index is 12.3. The van der Waals surface area contributed by atoms with Crippen molar-refractivity contribution in [2.45, 2.75) is 12.6 Å². The Balaban J connectivity index is 1.98. The molecule has 0 radical (unpaired) electrons. The van der Waals surface area contributed by atoms with E-state index in [-0.39, 0.29) is 12.1 Å². The maximum Gasteiger partial charge on any atom is 0.433 e. The van der Waals surface area contributed by atoms with E-state index in [1.807, 2.05) is 0 Å². The molecule has 0 atom stereocenters. The zero-order valence-corrected chi connectivity index (χ0v) is 10.8. The molecule has 5 nitrogen and oxygen atoms in total. The van der Waals surface area contributed by atoms with Gasteiger partial charge in [0.25, 0.3) is 0 Å². The molecule has 2 aromatic heterocycles. The van der Waals surface area contributed by atoms with Gasteiger partial charge >= 0.3 is 6.18 Å². The number of nitrogens with one attached hydrogen (secondary N) is 1. The van der Waals surface area contributed by atoms with E-state index in [1.165, 1.54) is 11.3 Å². The number of anilines is 2. The van der Waals surface area contributed by atoms with E-state index in [0.717, 1.165) is 18.3 Å². The van der Waals surface area contributed by atoms with Crippen molar-refractivity contribution in [3.05, 3.63) is 35.1 Å². The number of pyridine rings is 1. The molecule has 0 bridgehead atoms. The van der Waals surface area contributed by atoms with Crippen molar-refractivity contribution in [1.82, 2.24) is 9.97 Å². The first-order chi connectivity index (χ1) is 9.34. The number of carbonyl (C=O) groups excluding carboxylic acids is 1. The highest BCUT2D eigenvalue weighted by Gasteiger charge is 2.32. The predicted molar refractivity (Wildman–Crippen MR) is 68.1 cm³/mol. The van der Waals surface area contributed by atoms with Crippen LogP contribution in [-0.4, -0.2) is 15.9 Å². The number of carbonyl (C=O) groups is 1. The highest BCUT2D eigenvalue weighted by atomic mass is 32.1. The molecule has 0 saturated heterocycles. The van der Waals surface area contributed by atoms with Crippen LogP contribution >= 0.6 is 11.3 Å². The van der Waals surface area contributed by atoms with E-state index >= 15 is 0 Å². The summed E-state index contributed by atoms with van der Waals surface area (Å²) in [7, 11) is 0. The molecule has 0 aliphatic heterocycles. The minimum absolute atomic E-state index is 0.00524. The van der Waals surface area contributed by atoms with Gasteiger partial charge in [-0.25, -0.2) is 9.97 Å². The molecule has 9 heteroatoms. The number of hydrogen-bond donors (Lipinski definition) is 2. The van der Waals surface area contributed by atoms with Crippen LogP contribution in [0.3, 0.4) is 0 Å². The topological polar surface area (TPSA) is 80.9 Å². The summed E-state index contributed by atoms with van der Waals surface area (Å²) in [5.41, 5.74) is 5.10. The quantitative estimate of drug-likeness (QED) is 0.911. The van der Waals surface area contributed by atoms with Gasteiger partial charge in [-0.3, -0.25) is 4.79 Å². The number of nitrogens with two attached hydrogens (primary N) is 1. The van der Waals surface area contributed by atoms with Gasteiger partial charge in [0.05, 0.1) is 24.0 Å². The number of rotatable bonds is 3. The lowest BCUT2D eigenvalue weighted by Gasteiger charge is -2.07. The van der Waals surface area contributed by atoms with Crippen molar-refractivity contribution in [3.8, 4) is 0 Å². The summed E-state index contributed by atoms with van der Waals surface area (Å²) in [4.78, 5) is 18.8. The van der Waals surface area contributed by atoms with Gasteiger partial charge in [-0.05, 0) is 12.1 Å². The molecule has 1 amide bonds. The second kappa shape index (κ2) is 5.45. The van der Waals surface area contributed by atoms with Gasteiger partial charge in [0.1, 0.15) is 5.69 Å². The molecule has 0 spiro atoms. The van der Waals surface area contributed by atoms with E-state index in [0.29, 0.717) is 10.8 Å². The third-order valence-electron chi connectivity index (χ3n) is 2.25. The van der Waals surface area contributed by atoms with Crippen LogP contribution in [0, 0.1) is 0 Å². The van der Waals surface area contributed by atoms with E-state index in [2.05, 4.69) is 15.3 Å². The first kappa shape index (κ1) is 14.3. The van der Waals surface area contributed by atoms with Crippen LogP contribution in [0.2, 0.25) is 0 Å². The summed E-state index contributed by atoms with van der Waals surface area (Å²) in [5, 5.41) is 4.42. The summed E-state index contributed by atoms with van der Waals surface area (Å²) in [6.45, 7) is 0. The molecular weight excluding hydrogens is 293 g/mol. The second-order valence-corrected chi connectivity index (χ2v) is 4.72. The molecule has 3 N–H and O–H groups in total. The fraction of sp³-hybridized carbons (Fsp3) is 0.182. The number of halogens is 3. The molecule has 20 heavy (non-hydrogen) atoms. The minimum atomic E-state index is -4.50. The molecule has 0 aliphatic carbocycles. The van der Waals surface area contributed by atoms with Crippen LogP contribution < -0.4 is 11.1 Å². The largest absolute Gasteiger partial charge is 0.433 e. The maximum absolute atomic E-state index is 12.3. The fourth-order valence-corrected chi connectivity index (χ4v) is 1.97. The molecule has 2 heterocycles. The third kappa shape index (κ3) is 3.67. The lowest BCUT2D eigenvalue weighted by atomic mass is 10.3. The van der Waals surface area contributed by atoms with Gasteiger partial charge in [0.2, 0.25) is 5.91 Å². The molecule has 2 aromatic rings. The van der Waals surface area contributed by atoms with Crippen LogP contribution in [0.5, 0.6) is 0 Å². The lowest BCUT2D eigenvalue weighted by Crippen LogP contribution is -2.15. The van der Waals surface area contributed by atoms with Gasteiger partial charge in [-0.15, -0.1) is 11.3 Å². The van der Waals surface area contributed by atoms with E-state index in [9.17, 15) is 18.0 Å². The van der Waals surface area contributed by atoms with Gasteiger partial charge in [0.15, 0.2) is 5.13 Å². The molecule has 0 aliphatic rings. The highest BCUT2D eigenvalue weighted by Crippen LogP contribution is 2.27. The van der Waals surface area contributed by atoms with Crippen molar-refractivity contribution in [2.24, 2.45) is 0 Å². The number of hydrogen-bond acceptors (Lipinski definition) is 5. The van der Waals surface area contributed by atoms with Crippen molar-refractivity contribution in [2.75, 3.05) is 11.1 Å². The zero-order chi connectivity index (χ0) is 14.8. The summed E-state index contributed by atoms with van der Waals surface area (Å²) in [6.07, 6.45) is -3.55. The van der Waals surface area contributed by atoms with Crippen LogP contribution in [0.1, 0.15) is 11.4 Å². The van der Waals surface area contributed by atoms with Crippen LogP contribution in [0.4, 0.5) is 24.0 Å². The van der Waals surface area contributed by atoms with Gasteiger partial charge in [-0.2, -0.15) is 13.2 Å². The van der Waals surface area contributed by atoms with Gasteiger partial charge in [0, 0.05) is 5.38 Å². The third-order valence-corrected chi connectivity index (χ3v) is 2.97. The van der Waals surface area contributed by atoms with Crippen LogP contribution in [0.15, 0.2) is 23.7 Å². The van der Waals surface area contributed by atoms with Crippen LogP contribution in [0.25, 0.3) is 0 Å². The van der Waals surface area contributed by atoms with E-state index in [4.69, 9.17) is 5.73 Å². The SMILES string of the molecule is Nc1nc(CC(=O)Nc2ccc(C(F)(F)F)nc2)cs1. The molecule has 2 rings (SSSR count). The Bertz CT molecular complexity index is 609. The number of aromatic nitrogens is 2. The Kier molecular flexibility index (Phi) is 3.89. The molecule has 106 valence electrons. The zero-order valence-electron chi connectivity index (χ0n) is 9.94. The first-order valence-electron chi connectivity index (χ1n) is 5.37. The van der Waals surface area contributed by atoms with Crippen LogP contribution in [-0.2, 0) is 17.4 Å². The van der Waals surface area contributed by atoms with Crippen molar-refractivity contribution in [1.29, 1.82) is 0 Å². The van der Waals surface area contributed by atoms with Gasteiger partial charge < -0.3 is 11.1 Å². The average molecular weight is 302 g/mol.